The number of carbonyl (C=O) groups is 1. The average Bonchev–Trinajstić information content (AvgIpc) is 2.12. The van der Waals surface area contributed by atoms with Crippen LogP contribution >= 0.6 is 15.9 Å². The lowest BCUT2D eigenvalue weighted by Crippen LogP contribution is -2.15. The molecule has 0 radical (unpaired) electrons. The zero-order chi connectivity index (χ0) is 11.6. The van der Waals surface area contributed by atoms with Crippen LogP contribution in [0.15, 0.2) is 16.6 Å². The summed E-state index contributed by atoms with van der Waals surface area (Å²) in [5.41, 5.74) is 5.76. The number of phenolic OH excluding ortho intramolecular Hbond substituents is 1. The maximum atomic E-state index is 13.1. The second kappa shape index (κ2) is 4.59. The van der Waals surface area contributed by atoms with E-state index in [1.165, 1.54) is 6.07 Å². The molecule has 15 heavy (non-hydrogen) atoms. The van der Waals surface area contributed by atoms with Crippen molar-refractivity contribution in [3.8, 4) is 5.75 Å². The minimum Gasteiger partial charge on any atom is -0.507 e. The Bertz CT molecular complexity index is 374. The summed E-state index contributed by atoms with van der Waals surface area (Å²) < 4.78 is 13.1. The zero-order valence-corrected chi connectivity index (χ0v) is 9.16. The van der Waals surface area contributed by atoms with Gasteiger partial charge in [0.15, 0.2) is 0 Å². The number of carboxylic acids is 1. The number of benzene rings is 1. The molecule has 0 aromatic heterocycles. The predicted molar refractivity (Wildman–Crippen MR) is 54.9 cm³/mol. The fourth-order valence-corrected chi connectivity index (χ4v) is 1.34. The van der Waals surface area contributed by atoms with E-state index in [9.17, 15) is 14.3 Å². The van der Waals surface area contributed by atoms with Crippen molar-refractivity contribution >= 4 is 21.9 Å². The molecule has 1 rings (SSSR count). The first-order valence-corrected chi connectivity index (χ1v) is 4.86. The molecule has 0 aliphatic rings. The van der Waals surface area contributed by atoms with Gasteiger partial charge in [-0.25, -0.2) is 4.39 Å². The lowest BCUT2D eigenvalue weighted by molar-refractivity contribution is -0.137. The van der Waals surface area contributed by atoms with Crippen molar-refractivity contribution in [2.45, 2.75) is 12.5 Å². The van der Waals surface area contributed by atoms with E-state index >= 15 is 0 Å². The molecule has 0 amide bonds. The first-order chi connectivity index (χ1) is 6.91. The van der Waals surface area contributed by atoms with E-state index in [1.807, 2.05) is 0 Å². The van der Waals surface area contributed by atoms with Crippen LogP contribution in [0.4, 0.5) is 4.39 Å². The van der Waals surface area contributed by atoms with Crippen LogP contribution in [0.25, 0.3) is 0 Å². The summed E-state index contributed by atoms with van der Waals surface area (Å²) in [6.45, 7) is 0. The van der Waals surface area contributed by atoms with Gasteiger partial charge in [0.05, 0.1) is 10.9 Å². The van der Waals surface area contributed by atoms with Gasteiger partial charge in [-0.3, -0.25) is 4.79 Å². The molecule has 0 bridgehead atoms. The second-order valence-corrected chi connectivity index (χ2v) is 3.83. The highest BCUT2D eigenvalue weighted by molar-refractivity contribution is 9.10. The molecule has 1 aromatic carbocycles. The highest BCUT2D eigenvalue weighted by Gasteiger charge is 2.15. The van der Waals surface area contributed by atoms with Crippen molar-refractivity contribution in [1.82, 2.24) is 0 Å². The topological polar surface area (TPSA) is 83.6 Å². The van der Waals surface area contributed by atoms with Gasteiger partial charge in [-0.05, 0) is 33.6 Å². The molecule has 0 spiro atoms. The number of halogens is 2. The molecule has 82 valence electrons. The molecule has 0 heterocycles. The number of aromatic hydroxyl groups is 1. The van der Waals surface area contributed by atoms with Crippen molar-refractivity contribution in [3.63, 3.8) is 0 Å². The molecule has 1 atom stereocenters. The molecule has 4 nitrogen and oxygen atoms in total. The molecule has 4 N–H and O–H groups in total. The predicted octanol–water partition coefficient (Wildman–Crippen LogP) is 1.77. The Labute approximate surface area is 93.6 Å². The van der Waals surface area contributed by atoms with Crippen LogP contribution in [0.1, 0.15) is 18.0 Å². The third-order valence-corrected chi connectivity index (χ3v) is 2.64. The van der Waals surface area contributed by atoms with Crippen molar-refractivity contribution in [1.29, 1.82) is 0 Å². The van der Waals surface area contributed by atoms with Gasteiger partial charge in [0.25, 0.3) is 0 Å². The Kier molecular flexibility index (Phi) is 3.65. The number of aliphatic carboxylic acids is 1. The van der Waals surface area contributed by atoms with Gasteiger partial charge in [-0.1, -0.05) is 0 Å². The number of hydrogen-bond donors (Lipinski definition) is 3. The van der Waals surface area contributed by atoms with Gasteiger partial charge in [0.1, 0.15) is 11.6 Å². The minimum atomic E-state index is -1.08. The lowest BCUT2D eigenvalue weighted by atomic mass is 10.0. The molecule has 0 saturated carbocycles. The van der Waals surface area contributed by atoms with Crippen molar-refractivity contribution < 1.29 is 19.4 Å². The second-order valence-electron chi connectivity index (χ2n) is 3.04. The molecular weight excluding hydrogens is 269 g/mol. The Hall–Kier alpha value is -1.14. The van der Waals surface area contributed by atoms with Crippen LogP contribution in [-0.4, -0.2) is 16.2 Å². The SMILES string of the molecule is NC(CC(=O)O)c1cc(O)c(Br)c(F)c1. The Morgan fingerprint density at radius 2 is 2.20 bits per heavy atom. The Morgan fingerprint density at radius 1 is 1.60 bits per heavy atom. The van der Waals surface area contributed by atoms with Crippen LogP contribution < -0.4 is 5.73 Å². The number of nitrogens with two attached hydrogens (primary N) is 1. The number of phenols is 1. The van der Waals surface area contributed by atoms with E-state index in [-0.39, 0.29) is 22.2 Å². The minimum absolute atomic E-state index is 0.0613. The van der Waals surface area contributed by atoms with E-state index in [2.05, 4.69) is 15.9 Å². The zero-order valence-electron chi connectivity index (χ0n) is 7.58. The standard InChI is InChI=1S/C9H9BrFNO3/c10-9-5(11)1-4(2-7(9)13)6(12)3-8(14)15/h1-2,6,13H,3,12H2,(H,14,15). The Morgan fingerprint density at radius 3 is 2.67 bits per heavy atom. The van der Waals surface area contributed by atoms with E-state index in [1.54, 1.807) is 0 Å². The molecular formula is C9H9BrFNO3. The van der Waals surface area contributed by atoms with Gasteiger partial charge in [0, 0.05) is 6.04 Å². The maximum Gasteiger partial charge on any atom is 0.305 e. The third kappa shape index (κ3) is 2.90. The normalized spacial score (nSPS) is 12.5. The quantitative estimate of drug-likeness (QED) is 0.786. The highest BCUT2D eigenvalue weighted by Crippen LogP contribution is 2.30. The first kappa shape index (κ1) is 11.9. The molecule has 0 saturated heterocycles. The summed E-state index contributed by atoms with van der Waals surface area (Å²) in [7, 11) is 0. The molecule has 6 heteroatoms. The van der Waals surface area contributed by atoms with Crippen LogP contribution in [-0.2, 0) is 4.79 Å². The van der Waals surface area contributed by atoms with E-state index in [0.29, 0.717) is 0 Å². The summed E-state index contributed by atoms with van der Waals surface area (Å²) in [4.78, 5) is 10.4. The fourth-order valence-electron chi connectivity index (χ4n) is 1.11. The molecule has 0 fully saturated rings. The van der Waals surface area contributed by atoms with Gasteiger partial charge in [0.2, 0.25) is 0 Å². The molecule has 1 unspecified atom stereocenters. The van der Waals surface area contributed by atoms with Crippen LogP contribution in [0.3, 0.4) is 0 Å². The van der Waals surface area contributed by atoms with Gasteiger partial charge in [-0.2, -0.15) is 0 Å². The monoisotopic (exact) mass is 277 g/mol. The lowest BCUT2D eigenvalue weighted by Gasteiger charge is -2.10. The first-order valence-electron chi connectivity index (χ1n) is 4.07. The van der Waals surface area contributed by atoms with Gasteiger partial charge in [-0.15, -0.1) is 0 Å². The summed E-state index contributed by atoms with van der Waals surface area (Å²) >= 11 is 2.83. The molecule has 1 aromatic rings. The fraction of sp³-hybridized carbons (Fsp3) is 0.222. The van der Waals surface area contributed by atoms with Crippen LogP contribution in [0.2, 0.25) is 0 Å². The van der Waals surface area contributed by atoms with Crippen LogP contribution in [0, 0.1) is 5.82 Å². The van der Waals surface area contributed by atoms with E-state index in [0.717, 1.165) is 6.07 Å². The summed E-state index contributed by atoms with van der Waals surface area (Å²) in [6.07, 6.45) is -0.319. The van der Waals surface area contributed by atoms with Gasteiger partial charge >= 0.3 is 5.97 Å². The summed E-state index contributed by atoms with van der Waals surface area (Å²) in [6, 6.07) is 1.49. The summed E-state index contributed by atoms with van der Waals surface area (Å²) in [5, 5.41) is 17.8. The largest absolute Gasteiger partial charge is 0.507 e. The molecule has 0 aliphatic carbocycles. The average molecular weight is 278 g/mol. The maximum absolute atomic E-state index is 13.1. The third-order valence-electron chi connectivity index (χ3n) is 1.85. The van der Waals surface area contributed by atoms with Crippen LogP contribution in [0.5, 0.6) is 5.75 Å². The van der Waals surface area contributed by atoms with Crippen molar-refractivity contribution in [2.24, 2.45) is 5.73 Å². The number of rotatable bonds is 3. The number of carboxylic acid groups (broad SMARTS) is 1. The Balaban J connectivity index is 3.00. The van der Waals surface area contributed by atoms with E-state index in [4.69, 9.17) is 10.8 Å². The van der Waals surface area contributed by atoms with E-state index < -0.39 is 17.8 Å². The summed E-state index contributed by atoms with van der Waals surface area (Å²) in [5.74, 6) is -2.05. The number of hydrogen-bond acceptors (Lipinski definition) is 3. The molecule has 0 aliphatic heterocycles. The van der Waals surface area contributed by atoms with Crippen molar-refractivity contribution in [2.75, 3.05) is 0 Å². The van der Waals surface area contributed by atoms with Gasteiger partial charge < -0.3 is 15.9 Å². The smallest absolute Gasteiger partial charge is 0.305 e. The van der Waals surface area contributed by atoms with Crippen molar-refractivity contribution in [3.05, 3.63) is 28.0 Å². The highest BCUT2D eigenvalue weighted by atomic mass is 79.9.